The maximum atomic E-state index is 12.2. The van der Waals surface area contributed by atoms with Crippen LogP contribution in [0, 0.1) is 11.8 Å². The van der Waals surface area contributed by atoms with Crippen molar-refractivity contribution in [1.82, 2.24) is 10.2 Å². The number of ether oxygens (including phenoxy) is 2. The molecule has 1 N–H and O–H groups in total. The summed E-state index contributed by atoms with van der Waals surface area (Å²) in [7, 11) is 0. The van der Waals surface area contributed by atoms with Crippen molar-refractivity contribution in [2.45, 2.75) is 19.4 Å². The van der Waals surface area contributed by atoms with Crippen LogP contribution in [0.1, 0.15) is 18.4 Å². The maximum absolute atomic E-state index is 12.2. The van der Waals surface area contributed by atoms with E-state index in [1.807, 2.05) is 23.1 Å². The molecule has 0 bridgehead atoms. The molecular weight excluding hydrogens is 292 g/mol. The van der Waals surface area contributed by atoms with Crippen molar-refractivity contribution in [3.8, 4) is 0 Å². The molecule has 2 fully saturated rings. The molecular formula is C18H26N2O3. The molecule has 0 unspecified atom stereocenters. The number of urea groups is 1. The van der Waals surface area contributed by atoms with Gasteiger partial charge in [0.15, 0.2) is 0 Å². The van der Waals surface area contributed by atoms with E-state index in [-0.39, 0.29) is 6.03 Å². The van der Waals surface area contributed by atoms with Crippen LogP contribution in [0.15, 0.2) is 30.3 Å². The van der Waals surface area contributed by atoms with Gasteiger partial charge in [-0.1, -0.05) is 30.3 Å². The highest BCUT2D eigenvalue weighted by Gasteiger charge is 2.27. The highest BCUT2D eigenvalue weighted by atomic mass is 16.5. The van der Waals surface area contributed by atoms with E-state index in [1.54, 1.807) is 0 Å². The van der Waals surface area contributed by atoms with Crippen LogP contribution >= 0.6 is 0 Å². The van der Waals surface area contributed by atoms with Crippen molar-refractivity contribution in [2.75, 3.05) is 39.5 Å². The van der Waals surface area contributed by atoms with Gasteiger partial charge in [0.05, 0.1) is 19.8 Å². The number of hydrogen-bond acceptors (Lipinski definition) is 3. The summed E-state index contributed by atoms with van der Waals surface area (Å²) in [6.45, 7) is 5.31. The average Bonchev–Trinajstić information content (AvgIpc) is 3.25. The Balaban J connectivity index is 1.32. The first-order chi connectivity index (χ1) is 11.3. The molecule has 2 aliphatic heterocycles. The third-order valence-electron chi connectivity index (χ3n) is 4.60. The van der Waals surface area contributed by atoms with Crippen LogP contribution in [-0.2, 0) is 16.1 Å². The topological polar surface area (TPSA) is 50.8 Å². The summed E-state index contributed by atoms with van der Waals surface area (Å²) < 4.78 is 11.1. The van der Waals surface area contributed by atoms with Gasteiger partial charge < -0.3 is 19.7 Å². The minimum absolute atomic E-state index is 0.0578. The van der Waals surface area contributed by atoms with Gasteiger partial charge in [-0.15, -0.1) is 0 Å². The molecule has 2 amide bonds. The molecule has 23 heavy (non-hydrogen) atoms. The Morgan fingerprint density at radius 2 is 2.13 bits per heavy atom. The van der Waals surface area contributed by atoms with Crippen molar-refractivity contribution in [3.05, 3.63) is 35.9 Å². The van der Waals surface area contributed by atoms with Crippen LogP contribution in [0.5, 0.6) is 0 Å². The molecule has 0 aromatic heterocycles. The quantitative estimate of drug-likeness (QED) is 0.875. The summed E-state index contributed by atoms with van der Waals surface area (Å²) in [4.78, 5) is 14.1. The highest BCUT2D eigenvalue weighted by Crippen LogP contribution is 2.18. The molecule has 0 aliphatic carbocycles. The Labute approximate surface area is 137 Å². The predicted molar refractivity (Wildman–Crippen MR) is 88.1 cm³/mol. The van der Waals surface area contributed by atoms with E-state index in [0.717, 1.165) is 52.3 Å². The molecule has 1 aromatic carbocycles. The molecule has 5 heteroatoms. The van der Waals surface area contributed by atoms with Crippen LogP contribution in [0.25, 0.3) is 0 Å². The number of nitrogens with one attached hydrogen (secondary N) is 1. The second-order valence-corrected chi connectivity index (χ2v) is 6.52. The Morgan fingerprint density at radius 3 is 2.91 bits per heavy atom. The average molecular weight is 318 g/mol. The lowest BCUT2D eigenvalue weighted by molar-refractivity contribution is 0.0897. The molecule has 0 radical (unpaired) electrons. The molecule has 3 rings (SSSR count). The van der Waals surface area contributed by atoms with E-state index < -0.39 is 0 Å². The molecule has 2 saturated heterocycles. The van der Waals surface area contributed by atoms with Gasteiger partial charge in [-0.25, -0.2) is 4.79 Å². The number of rotatable bonds is 6. The zero-order valence-corrected chi connectivity index (χ0v) is 13.6. The molecule has 0 spiro atoms. The van der Waals surface area contributed by atoms with E-state index in [2.05, 4.69) is 17.4 Å². The number of benzene rings is 1. The Morgan fingerprint density at radius 1 is 1.26 bits per heavy atom. The number of hydrogen-bond donors (Lipinski definition) is 1. The largest absolute Gasteiger partial charge is 0.381 e. The first kappa shape index (κ1) is 16.3. The van der Waals surface area contributed by atoms with Crippen molar-refractivity contribution in [1.29, 1.82) is 0 Å². The standard InChI is InChI=1S/C18H26N2O3/c21-18(19-10-16-7-9-22-13-16)20-8-6-17(11-20)14-23-12-15-4-2-1-3-5-15/h1-5,16-17H,6-14H2,(H,19,21)/t16-,17-/m0/s1. The van der Waals surface area contributed by atoms with Crippen molar-refractivity contribution in [2.24, 2.45) is 11.8 Å². The fraction of sp³-hybridized carbons (Fsp3) is 0.611. The van der Waals surface area contributed by atoms with Crippen LogP contribution < -0.4 is 5.32 Å². The van der Waals surface area contributed by atoms with Gasteiger partial charge in [0.1, 0.15) is 0 Å². The first-order valence-electron chi connectivity index (χ1n) is 8.53. The lowest BCUT2D eigenvalue weighted by Crippen LogP contribution is -2.40. The van der Waals surface area contributed by atoms with Gasteiger partial charge in [0, 0.05) is 38.1 Å². The number of carbonyl (C=O) groups excluding carboxylic acids is 1. The third kappa shape index (κ3) is 4.94. The van der Waals surface area contributed by atoms with Crippen molar-refractivity contribution < 1.29 is 14.3 Å². The molecule has 2 heterocycles. The number of likely N-dealkylation sites (tertiary alicyclic amines) is 1. The zero-order valence-electron chi connectivity index (χ0n) is 13.6. The lowest BCUT2D eigenvalue weighted by atomic mass is 10.1. The minimum atomic E-state index is 0.0578. The molecule has 5 nitrogen and oxygen atoms in total. The number of carbonyl (C=O) groups is 1. The van der Waals surface area contributed by atoms with E-state index in [9.17, 15) is 4.79 Å². The summed E-state index contributed by atoms with van der Waals surface area (Å²) in [6.07, 6.45) is 2.07. The third-order valence-corrected chi connectivity index (χ3v) is 4.60. The van der Waals surface area contributed by atoms with E-state index in [1.165, 1.54) is 5.56 Å². The van der Waals surface area contributed by atoms with Crippen molar-refractivity contribution >= 4 is 6.03 Å². The summed E-state index contributed by atoms with van der Waals surface area (Å²) in [6, 6.07) is 10.3. The van der Waals surface area contributed by atoms with E-state index in [0.29, 0.717) is 18.4 Å². The summed E-state index contributed by atoms with van der Waals surface area (Å²) in [5.74, 6) is 0.922. The highest BCUT2D eigenvalue weighted by molar-refractivity contribution is 5.74. The summed E-state index contributed by atoms with van der Waals surface area (Å²) >= 11 is 0. The van der Waals surface area contributed by atoms with Crippen molar-refractivity contribution in [3.63, 3.8) is 0 Å². The second kappa shape index (κ2) is 8.31. The molecule has 126 valence electrons. The molecule has 2 atom stereocenters. The monoisotopic (exact) mass is 318 g/mol. The smallest absolute Gasteiger partial charge is 0.317 e. The van der Waals surface area contributed by atoms with Crippen LogP contribution in [0.4, 0.5) is 4.79 Å². The van der Waals surface area contributed by atoms with E-state index >= 15 is 0 Å². The van der Waals surface area contributed by atoms with Crippen LogP contribution in [0.2, 0.25) is 0 Å². The molecule has 1 aromatic rings. The Bertz CT molecular complexity index is 488. The fourth-order valence-corrected chi connectivity index (χ4v) is 3.16. The van der Waals surface area contributed by atoms with Gasteiger partial charge >= 0.3 is 6.03 Å². The summed E-state index contributed by atoms with van der Waals surface area (Å²) in [5, 5.41) is 3.04. The fourth-order valence-electron chi connectivity index (χ4n) is 3.16. The van der Waals surface area contributed by atoms with Gasteiger partial charge in [-0.05, 0) is 18.4 Å². The van der Waals surface area contributed by atoms with E-state index in [4.69, 9.17) is 9.47 Å². The van der Waals surface area contributed by atoms with Gasteiger partial charge in [0.25, 0.3) is 0 Å². The first-order valence-corrected chi connectivity index (χ1v) is 8.53. The Hall–Kier alpha value is -1.59. The number of nitrogens with zero attached hydrogens (tertiary/aromatic N) is 1. The molecule has 0 saturated carbocycles. The van der Waals surface area contributed by atoms with Crippen LogP contribution in [-0.4, -0.2) is 50.4 Å². The number of amides is 2. The molecule has 2 aliphatic rings. The SMILES string of the molecule is O=C(NC[C@@H]1CCOC1)N1CC[C@H](COCc2ccccc2)C1. The van der Waals surface area contributed by atoms with Crippen LogP contribution in [0.3, 0.4) is 0 Å². The van der Waals surface area contributed by atoms with Gasteiger partial charge in [-0.2, -0.15) is 0 Å². The lowest BCUT2D eigenvalue weighted by Gasteiger charge is -2.19. The predicted octanol–water partition coefficient (Wildman–Crippen LogP) is 2.27. The zero-order chi connectivity index (χ0) is 15.9. The minimum Gasteiger partial charge on any atom is -0.381 e. The second-order valence-electron chi connectivity index (χ2n) is 6.52. The normalized spacial score (nSPS) is 24.1. The Kier molecular flexibility index (Phi) is 5.88. The maximum Gasteiger partial charge on any atom is 0.317 e. The van der Waals surface area contributed by atoms with Gasteiger partial charge in [-0.3, -0.25) is 0 Å². The van der Waals surface area contributed by atoms with Gasteiger partial charge in [0.2, 0.25) is 0 Å². The summed E-state index contributed by atoms with van der Waals surface area (Å²) in [5.41, 5.74) is 1.19.